The fraction of sp³-hybridized carbons (Fsp3) is 0.800. The number of likely N-dealkylation sites (tertiary alicyclic amines) is 1. The maximum absolute atomic E-state index is 4.30. The van der Waals surface area contributed by atoms with Crippen LogP contribution in [-0.2, 0) is 6.54 Å². The highest BCUT2D eigenvalue weighted by Crippen LogP contribution is 2.35. The van der Waals surface area contributed by atoms with Crippen LogP contribution in [0, 0.1) is 12.3 Å². The lowest BCUT2D eigenvalue weighted by molar-refractivity contribution is 0.0625. The highest BCUT2D eigenvalue weighted by molar-refractivity contribution is 4.92. The third-order valence-electron chi connectivity index (χ3n) is 4.88. The molecule has 1 N–H and O–H groups in total. The van der Waals surface area contributed by atoms with Crippen LogP contribution in [0.15, 0.2) is 12.4 Å². The molecule has 1 aromatic heterocycles. The number of nitrogens with one attached hydrogen (secondary N) is 1. The predicted molar refractivity (Wildman–Crippen MR) is 77.2 cm³/mol. The van der Waals surface area contributed by atoms with Gasteiger partial charge in [0.1, 0.15) is 5.82 Å². The first-order valence-electron chi connectivity index (χ1n) is 7.68. The number of nitrogens with zero attached hydrogens (tertiary/aromatic N) is 3. The van der Waals surface area contributed by atoms with Crippen LogP contribution in [0.25, 0.3) is 0 Å². The summed E-state index contributed by atoms with van der Waals surface area (Å²) in [4.78, 5) is 6.96. The van der Waals surface area contributed by atoms with Gasteiger partial charge in [0.05, 0.1) is 0 Å². The van der Waals surface area contributed by atoms with Gasteiger partial charge >= 0.3 is 0 Å². The van der Waals surface area contributed by atoms with E-state index < -0.39 is 0 Å². The molecule has 1 atom stereocenters. The van der Waals surface area contributed by atoms with Crippen LogP contribution < -0.4 is 5.32 Å². The molecule has 3 rings (SSSR count). The Hall–Kier alpha value is -0.870. The summed E-state index contributed by atoms with van der Waals surface area (Å²) in [5.41, 5.74) is 0.570. The predicted octanol–water partition coefficient (Wildman–Crippen LogP) is 1.66. The van der Waals surface area contributed by atoms with Crippen LogP contribution in [0.2, 0.25) is 0 Å². The van der Waals surface area contributed by atoms with Crippen molar-refractivity contribution in [2.45, 2.75) is 39.2 Å². The van der Waals surface area contributed by atoms with Crippen molar-refractivity contribution < 1.29 is 0 Å². The second-order valence-corrected chi connectivity index (χ2v) is 6.33. The van der Waals surface area contributed by atoms with Gasteiger partial charge in [-0.05, 0) is 51.1 Å². The first kappa shape index (κ1) is 13.1. The third kappa shape index (κ3) is 3.00. The lowest BCUT2D eigenvalue weighted by Gasteiger charge is -2.45. The van der Waals surface area contributed by atoms with Crippen LogP contribution in [0.4, 0.5) is 0 Å². The van der Waals surface area contributed by atoms with Gasteiger partial charge in [0, 0.05) is 38.6 Å². The minimum Gasteiger partial charge on any atom is -0.334 e. The monoisotopic (exact) mass is 262 g/mol. The second kappa shape index (κ2) is 5.63. The topological polar surface area (TPSA) is 33.1 Å². The van der Waals surface area contributed by atoms with Crippen molar-refractivity contribution in [3.05, 3.63) is 18.2 Å². The molecule has 19 heavy (non-hydrogen) atoms. The summed E-state index contributed by atoms with van der Waals surface area (Å²) in [6.07, 6.45) is 9.55. The van der Waals surface area contributed by atoms with Gasteiger partial charge in [-0.25, -0.2) is 4.98 Å². The highest BCUT2D eigenvalue weighted by Gasteiger charge is 2.36. The Kier molecular flexibility index (Phi) is 3.89. The van der Waals surface area contributed by atoms with Gasteiger partial charge in [0.25, 0.3) is 0 Å². The minimum absolute atomic E-state index is 0.570. The summed E-state index contributed by atoms with van der Waals surface area (Å²) in [6.45, 7) is 9.34. The molecule has 0 radical (unpaired) electrons. The zero-order chi connectivity index (χ0) is 13.1. The Morgan fingerprint density at radius 1 is 1.32 bits per heavy atom. The largest absolute Gasteiger partial charge is 0.334 e. The van der Waals surface area contributed by atoms with Gasteiger partial charge in [-0.1, -0.05) is 0 Å². The van der Waals surface area contributed by atoms with Gasteiger partial charge in [-0.15, -0.1) is 0 Å². The highest BCUT2D eigenvalue weighted by atomic mass is 15.2. The first-order chi connectivity index (χ1) is 9.27. The van der Waals surface area contributed by atoms with Crippen molar-refractivity contribution in [3.63, 3.8) is 0 Å². The number of aromatic nitrogens is 2. The lowest BCUT2D eigenvalue weighted by atomic mass is 9.74. The fourth-order valence-corrected chi connectivity index (χ4v) is 3.77. The van der Waals surface area contributed by atoms with Gasteiger partial charge < -0.3 is 14.8 Å². The minimum atomic E-state index is 0.570. The maximum Gasteiger partial charge on any atom is 0.105 e. The van der Waals surface area contributed by atoms with Crippen molar-refractivity contribution in [1.82, 2.24) is 19.8 Å². The molecule has 4 nitrogen and oxygen atoms in total. The molecule has 106 valence electrons. The molecular weight excluding hydrogens is 236 g/mol. The summed E-state index contributed by atoms with van der Waals surface area (Å²) < 4.78 is 2.26. The molecular formula is C15H26N4. The van der Waals surface area contributed by atoms with E-state index in [4.69, 9.17) is 0 Å². The van der Waals surface area contributed by atoms with Gasteiger partial charge in [-0.2, -0.15) is 0 Å². The number of hydrogen-bond donors (Lipinski definition) is 1. The molecule has 0 aliphatic carbocycles. The third-order valence-corrected chi connectivity index (χ3v) is 4.88. The van der Waals surface area contributed by atoms with Crippen LogP contribution in [0.3, 0.4) is 0 Å². The standard InChI is InChI=1S/C15H26N4/c1-14-17-7-9-19(14)11-10-18-8-3-5-15(13-18)4-2-6-16-12-15/h7,9,16H,2-6,8,10-13H2,1H3. The molecule has 0 amide bonds. The molecule has 3 heterocycles. The van der Waals surface area contributed by atoms with E-state index in [-0.39, 0.29) is 0 Å². The average molecular weight is 262 g/mol. The quantitative estimate of drug-likeness (QED) is 0.899. The molecule has 2 saturated heterocycles. The molecule has 1 spiro atoms. The number of piperidine rings is 2. The summed E-state index contributed by atoms with van der Waals surface area (Å²) >= 11 is 0. The van der Waals surface area contributed by atoms with E-state index in [2.05, 4.69) is 32.9 Å². The average Bonchev–Trinajstić information content (AvgIpc) is 2.83. The maximum atomic E-state index is 4.30. The fourth-order valence-electron chi connectivity index (χ4n) is 3.77. The normalized spacial score (nSPS) is 28.9. The van der Waals surface area contributed by atoms with E-state index in [1.807, 2.05) is 6.20 Å². The molecule has 0 bridgehead atoms. The number of aryl methyl sites for hydroxylation is 1. The van der Waals surface area contributed by atoms with E-state index in [1.54, 1.807) is 0 Å². The molecule has 4 heteroatoms. The molecule has 1 aromatic rings. The molecule has 2 fully saturated rings. The SMILES string of the molecule is Cc1nccn1CCN1CCCC2(CCCNC2)C1. The molecule has 0 saturated carbocycles. The van der Waals surface area contributed by atoms with Gasteiger partial charge in [-0.3, -0.25) is 0 Å². The Morgan fingerprint density at radius 3 is 2.95 bits per heavy atom. The Morgan fingerprint density at radius 2 is 2.21 bits per heavy atom. The van der Waals surface area contributed by atoms with E-state index in [9.17, 15) is 0 Å². The lowest BCUT2D eigenvalue weighted by Crippen LogP contribution is -2.51. The second-order valence-electron chi connectivity index (χ2n) is 6.33. The van der Waals surface area contributed by atoms with Crippen LogP contribution in [-0.4, -0.2) is 47.2 Å². The van der Waals surface area contributed by atoms with Crippen LogP contribution in [0.5, 0.6) is 0 Å². The Balaban J connectivity index is 1.55. The number of rotatable bonds is 3. The van der Waals surface area contributed by atoms with Crippen LogP contribution >= 0.6 is 0 Å². The molecule has 1 unspecified atom stereocenters. The van der Waals surface area contributed by atoms with Crippen molar-refractivity contribution in [2.24, 2.45) is 5.41 Å². The molecule has 2 aliphatic rings. The van der Waals surface area contributed by atoms with Gasteiger partial charge in [0.2, 0.25) is 0 Å². The first-order valence-corrected chi connectivity index (χ1v) is 7.68. The zero-order valence-corrected chi connectivity index (χ0v) is 12.1. The number of hydrogen-bond acceptors (Lipinski definition) is 3. The summed E-state index contributed by atoms with van der Waals surface area (Å²) in [5, 5.41) is 3.60. The van der Waals surface area contributed by atoms with Crippen molar-refractivity contribution in [2.75, 3.05) is 32.7 Å². The van der Waals surface area contributed by atoms with Crippen LogP contribution in [0.1, 0.15) is 31.5 Å². The van der Waals surface area contributed by atoms with E-state index in [1.165, 1.54) is 58.4 Å². The van der Waals surface area contributed by atoms with Gasteiger partial charge in [0.15, 0.2) is 0 Å². The van der Waals surface area contributed by atoms with Crippen molar-refractivity contribution in [3.8, 4) is 0 Å². The smallest absolute Gasteiger partial charge is 0.105 e. The van der Waals surface area contributed by atoms with Crippen molar-refractivity contribution >= 4 is 0 Å². The van der Waals surface area contributed by atoms with E-state index >= 15 is 0 Å². The van der Waals surface area contributed by atoms with E-state index in [0.29, 0.717) is 5.41 Å². The summed E-state index contributed by atoms with van der Waals surface area (Å²) in [5.74, 6) is 1.13. The summed E-state index contributed by atoms with van der Waals surface area (Å²) in [6, 6.07) is 0. The van der Waals surface area contributed by atoms with Crippen molar-refractivity contribution in [1.29, 1.82) is 0 Å². The summed E-state index contributed by atoms with van der Waals surface area (Å²) in [7, 11) is 0. The Labute approximate surface area is 116 Å². The zero-order valence-electron chi connectivity index (χ0n) is 12.1. The molecule has 0 aromatic carbocycles. The molecule has 2 aliphatic heterocycles. The number of imidazole rings is 1. The van der Waals surface area contributed by atoms with E-state index in [0.717, 1.165) is 12.4 Å². The Bertz CT molecular complexity index is 401.